The Morgan fingerprint density at radius 3 is 2.89 bits per heavy atom. The van der Waals surface area contributed by atoms with E-state index in [0.717, 1.165) is 0 Å². The van der Waals surface area contributed by atoms with E-state index in [-0.39, 0.29) is 22.3 Å². The molecule has 0 aliphatic carbocycles. The molecule has 0 amide bonds. The number of anilines is 1. The van der Waals surface area contributed by atoms with Crippen LogP contribution in [0.15, 0.2) is 28.6 Å². The minimum absolute atomic E-state index is 0.0682. The molecule has 0 aliphatic rings. The van der Waals surface area contributed by atoms with Crippen LogP contribution >= 0.6 is 22.9 Å². The highest BCUT2D eigenvalue weighted by molar-refractivity contribution is 7.93. The molecule has 0 saturated heterocycles. The van der Waals surface area contributed by atoms with Crippen molar-refractivity contribution < 1.29 is 13.5 Å². The predicted octanol–water partition coefficient (Wildman–Crippen LogP) is 2.40. The van der Waals surface area contributed by atoms with Crippen LogP contribution in [0.4, 0.5) is 5.82 Å². The van der Waals surface area contributed by atoms with E-state index in [1.807, 2.05) is 0 Å². The van der Waals surface area contributed by atoms with Gasteiger partial charge in [0.15, 0.2) is 5.82 Å². The van der Waals surface area contributed by atoms with Gasteiger partial charge in [-0.3, -0.25) is 4.72 Å². The van der Waals surface area contributed by atoms with Crippen LogP contribution in [0.25, 0.3) is 0 Å². The summed E-state index contributed by atoms with van der Waals surface area (Å²) in [4.78, 5) is 4.35. The van der Waals surface area contributed by atoms with Gasteiger partial charge in [-0.2, -0.15) is 0 Å². The van der Waals surface area contributed by atoms with Gasteiger partial charge in [0.2, 0.25) is 0 Å². The summed E-state index contributed by atoms with van der Waals surface area (Å²) in [6.45, 7) is 1.34. The molecular formula is C11H11ClN2O3S2. The van der Waals surface area contributed by atoms with E-state index < -0.39 is 10.0 Å². The van der Waals surface area contributed by atoms with Crippen LogP contribution in [0.1, 0.15) is 10.4 Å². The van der Waals surface area contributed by atoms with Gasteiger partial charge in [-0.25, -0.2) is 13.4 Å². The average Bonchev–Trinajstić information content (AvgIpc) is 2.74. The Labute approximate surface area is 119 Å². The maximum absolute atomic E-state index is 12.3. The molecule has 2 aromatic rings. The Morgan fingerprint density at radius 2 is 2.26 bits per heavy atom. The van der Waals surface area contributed by atoms with E-state index in [2.05, 4.69) is 9.71 Å². The molecule has 8 heteroatoms. The molecule has 2 heterocycles. The summed E-state index contributed by atoms with van der Waals surface area (Å²) in [5.74, 6) is 0.0682. The number of halogens is 1. The fourth-order valence-corrected chi connectivity index (χ4v) is 4.52. The number of sulfonamides is 1. The number of aliphatic hydroxyl groups is 1. The van der Waals surface area contributed by atoms with Crippen molar-refractivity contribution >= 4 is 38.8 Å². The number of rotatable bonds is 4. The topological polar surface area (TPSA) is 79.3 Å². The molecular weight excluding hydrogens is 308 g/mol. The summed E-state index contributed by atoms with van der Waals surface area (Å²) in [6.07, 6.45) is 1.44. The molecule has 0 saturated carbocycles. The van der Waals surface area contributed by atoms with Crippen LogP contribution in [0.5, 0.6) is 0 Å². The Balaban J connectivity index is 2.44. The molecule has 5 nitrogen and oxygen atoms in total. The maximum atomic E-state index is 12.3. The lowest BCUT2D eigenvalue weighted by atomic mass is 10.3. The number of hydrogen-bond donors (Lipinski definition) is 2. The fourth-order valence-electron chi connectivity index (χ4n) is 1.60. The highest BCUT2D eigenvalue weighted by Gasteiger charge is 2.23. The molecule has 0 bridgehead atoms. The van der Waals surface area contributed by atoms with Gasteiger partial charge in [-0.05, 0) is 30.0 Å². The molecule has 2 rings (SSSR count). The molecule has 102 valence electrons. The van der Waals surface area contributed by atoms with Crippen LogP contribution in [-0.4, -0.2) is 18.5 Å². The summed E-state index contributed by atoms with van der Waals surface area (Å²) < 4.78 is 26.9. The van der Waals surface area contributed by atoms with Crippen molar-refractivity contribution in [3.63, 3.8) is 0 Å². The van der Waals surface area contributed by atoms with Crippen molar-refractivity contribution in [2.24, 2.45) is 0 Å². The van der Waals surface area contributed by atoms with E-state index in [1.165, 1.54) is 17.5 Å². The maximum Gasteiger partial charge on any atom is 0.264 e. The highest BCUT2D eigenvalue weighted by atomic mass is 35.5. The van der Waals surface area contributed by atoms with Crippen LogP contribution in [0.3, 0.4) is 0 Å². The first-order chi connectivity index (χ1) is 8.95. The van der Waals surface area contributed by atoms with Gasteiger partial charge in [0.25, 0.3) is 10.0 Å². The van der Waals surface area contributed by atoms with Crippen LogP contribution < -0.4 is 4.72 Å². The smallest absolute Gasteiger partial charge is 0.264 e. The molecule has 0 aliphatic heterocycles. The van der Waals surface area contributed by atoms with E-state index >= 15 is 0 Å². The largest absolute Gasteiger partial charge is 0.391 e. The lowest BCUT2D eigenvalue weighted by molar-refractivity contribution is 0.282. The standard InChI is InChI=1S/C11H11ClN2O3S2/c1-7-6-18-9(5-15)10(7)19(16,17)14-11-8(12)3-2-4-13-11/h2-4,6,15H,5H2,1H3,(H,13,14). The number of nitrogens with one attached hydrogen (secondary N) is 1. The third-order valence-electron chi connectivity index (χ3n) is 2.39. The summed E-state index contributed by atoms with van der Waals surface area (Å²) in [6, 6.07) is 3.15. The lowest BCUT2D eigenvalue weighted by Gasteiger charge is -2.09. The van der Waals surface area contributed by atoms with Crippen molar-refractivity contribution in [3.8, 4) is 0 Å². The molecule has 0 fully saturated rings. The third-order valence-corrected chi connectivity index (χ3v) is 5.48. The first kappa shape index (κ1) is 14.3. The Hall–Kier alpha value is -1.15. The van der Waals surface area contributed by atoms with Crippen LogP contribution in [0.2, 0.25) is 5.02 Å². The van der Waals surface area contributed by atoms with Gasteiger partial charge >= 0.3 is 0 Å². The van der Waals surface area contributed by atoms with E-state index in [1.54, 1.807) is 24.4 Å². The highest BCUT2D eigenvalue weighted by Crippen LogP contribution is 2.29. The van der Waals surface area contributed by atoms with E-state index in [0.29, 0.717) is 10.4 Å². The molecule has 19 heavy (non-hydrogen) atoms. The SMILES string of the molecule is Cc1csc(CO)c1S(=O)(=O)Nc1ncccc1Cl. The van der Waals surface area contributed by atoms with Crippen LogP contribution in [-0.2, 0) is 16.6 Å². The summed E-state index contributed by atoms with van der Waals surface area (Å²) in [5, 5.41) is 11.1. The predicted molar refractivity (Wildman–Crippen MR) is 75.0 cm³/mol. The first-order valence-corrected chi connectivity index (χ1v) is 8.01. The second-order valence-electron chi connectivity index (χ2n) is 3.77. The number of aryl methyl sites for hydroxylation is 1. The zero-order chi connectivity index (χ0) is 14.0. The molecule has 0 aromatic carbocycles. The lowest BCUT2D eigenvalue weighted by Crippen LogP contribution is -2.16. The molecule has 0 spiro atoms. The van der Waals surface area contributed by atoms with Crippen molar-refractivity contribution in [1.82, 2.24) is 4.98 Å². The van der Waals surface area contributed by atoms with Gasteiger partial charge in [0.1, 0.15) is 4.90 Å². The van der Waals surface area contributed by atoms with Crippen molar-refractivity contribution in [2.45, 2.75) is 18.4 Å². The molecule has 0 unspecified atom stereocenters. The monoisotopic (exact) mass is 318 g/mol. The Morgan fingerprint density at radius 1 is 1.53 bits per heavy atom. The second-order valence-corrected chi connectivity index (χ2v) is 6.76. The second kappa shape index (κ2) is 5.46. The van der Waals surface area contributed by atoms with Gasteiger partial charge < -0.3 is 5.11 Å². The molecule has 0 radical (unpaired) electrons. The van der Waals surface area contributed by atoms with Crippen molar-refractivity contribution in [1.29, 1.82) is 0 Å². The van der Waals surface area contributed by atoms with E-state index in [9.17, 15) is 13.5 Å². The quantitative estimate of drug-likeness (QED) is 0.907. The zero-order valence-corrected chi connectivity index (χ0v) is 12.3. The number of aromatic nitrogens is 1. The van der Waals surface area contributed by atoms with E-state index in [4.69, 9.17) is 11.6 Å². The minimum Gasteiger partial charge on any atom is -0.391 e. The Kier molecular flexibility index (Phi) is 4.10. The van der Waals surface area contributed by atoms with Gasteiger partial charge in [0, 0.05) is 6.20 Å². The minimum atomic E-state index is -3.81. The third kappa shape index (κ3) is 2.89. The van der Waals surface area contributed by atoms with Gasteiger partial charge in [-0.15, -0.1) is 11.3 Å². The Bertz CT molecular complexity index is 698. The summed E-state index contributed by atoms with van der Waals surface area (Å²) in [7, 11) is -3.81. The molecule has 2 N–H and O–H groups in total. The molecule has 0 atom stereocenters. The normalized spacial score (nSPS) is 11.5. The van der Waals surface area contributed by atoms with Gasteiger partial charge in [-0.1, -0.05) is 11.6 Å². The van der Waals surface area contributed by atoms with Crippen molar-refractivity contribution in [2.75, 3.05) is 4.72 Å². The van der Waals surface area contributed by atoms with Crippen molar-refractivity contribution in [3.05, 3.63) is 39.2 Å². The number of pyridine rings is 1. The number of hydrogen-bond acceptors (Lipinski definition) is 5. The summed E-state index contributed by atoms with van der Waals surface area (Å²) in [5.41, 5.74) is 0.577. The fraction of sp³-hybridized carbons (Fsp3) is 0.182. The molecule has 2 aromatic heterocycles. The number of thiophene rings is 1. The van der Waals surface area contributed by atoms with Gasteiger partial charge in [0.05, 0.1) is 16.5 Å². The zero-order valence-electron chi connectivity index (χ0n) is 9.92. The first-order valence-electron chi connectivity index (χ1n) is 5.27. The average molecular weight is 319 g/mol. The number of aliphatic hydroxyl groups excluding tert-OH is 1. The van der Waals surface area contributed by atoms with Crippen LogP contribution in [0, 0.1) is 6.92 Å². The number of nitrogens with zero attached hydrogens (tertiary/aromatic N) is 1. The summed E-state index contributed by atoms with van der Waals surface area (Å²) >= 11 is 7.06.